The number of nitro benzene ring substituents is 1. The largest absolute Gasteiger partial charge is 0.390 e. The Hall–Kier alpha value is -1.83. The molecule has 0 heterocycles. The smallest absolute Gasteiger partial charge is 0.383 e. The lowest BCUT2D eigenvalue weighted by molar-refractivity contribution is -0.384. The summed E-state index contributed by atoms with van der Waals surface area (Å²) in [6.07, 6.45) is -5.06. The average Bonchev–Trinajstić information content (AvgIpc) is 2.35. The molecule has 0 aliphatic carbocycles. The van der Waals surface area contributed by atoms with Crippen LogP contribution < -0.4 is 5.32 Å². The van der Waals surface area contributed by atoms with E-state index < -0.39 is 17.5 Å². The van der Waals surface area contributed by atoms with E-state index in [1.165, 1.54) is 11.0 Å². The first-order chi connectivity index (χ1) is 9.23. The van der Waals surface area contributed by atoms with Crippen molar-refractivity contribution in [1.29, 1.82) is 0 Å². The van der Waals surface area contributed by atoms with E-state index >= 15 is 0 Å². The van der Waals surface area contributed by atoms with Gasteiger partial charge in [-0.15, -0.1) is 0 Å². The molecule has 1 rings (SSSR count). The number of hydrogen-bond acceptors (Lipinski definition) is 4. The molecule has 0 bridgehead atoms. The van der Waals surface area contributed by atoms with Crippen molar-refractivity contribution < 1.29 is 18.1 Å². The molecule has 0 aromatic heterocycles. The van der Waals surface area contributed by atoms with E-state index in [-0.39, 0.29) is 12.2 Å². The van der Waals surface area contributed by atoms with Crippen LogP contribution in [0, 0.1) is 10.1 Å². The maximum absolute atomic E-state index is 12.1. The predicted molar refractivity (Wildman–Crippen MR) is 69.6 cm³/mol. The first kappa shape index (κ1) is 16.2. The third kappa shape index (κ3) is 5.04. The fraction of sp³-hybridized carbons (Fsp3) is 0.500. The number of benzene rings is 1. The molecule has 0 atom stereocenters. The highest BCUT2D eigenvalue weighted by Crippen LogP contribution is 2.26. The predicted octanol–water partition coefficient (Wildman–Crippen LogP) is 3.02. The number of nitrogens with one attached hydrogen (secondary N) is 1. The minimum atomic E-state index is -4.18. The minimum absolute atomic E-state index is 0.0609. The summed E-state index contributed by atoms with van der Waals surface area (Å²) in [7, 11) is 3.13. The zero-order chi connectivity index (χ0) is 15.3. The van der Waals surface area contributed by atoms with Crippen molar-refractivity contribution in [2.75, 3.05) is 26.0 Å². The van der Waals surface area contributed by atoms with Crippen molar-refractivity contribution in [1.82, 2.24) is 4.90 Å². The Balaban J connectivity index is 2.71. The van der Waals surface area contributed by atoms with E-state index in [4.69, 9.17) is 0 Å². The van der Waals surface area contributed by atoms with Gasteiger partial charge in [0.15, 0.2) is 0 Å². The number of anilines is 1. The standard InChI is InChI=1S/C12H16F3N3O2/c1-16-10-7-9(3-4-11(10)18(19)20)8-17(2)6-5-12(13,14)15/h3-4,7,16H,5-6,8H2,1-2H3. The summed E-state index contributed by atoms with van der Waals surface area (Å²) >= 11 is 0. The molecule has 0 spiro atoms. The number of alkyl halides is 3. The molecule has 1 aromatic rings. The Labute approximate surface area is 114 Å². The maximum atomic E-state index is 12.1. The summed E-state index contributed by atoms with van der Waals surface area (Å²) in [6, 6.07) is 4.46. The van der Waals surface area contributed by atoms with Crippen LogP contribution in [-0.4, -0.2) is 36.6 Å². The summed E-state index contributed by atoms with van der Waals surface area (Å²) in [6.45, 7) is 0.179. The highest BCUT2D eigenvalue weighted by Gasteiger charge is 2.27. The molecule has 0 fully saturated rings. The lowest BCUT2D eigenvalue weighted by Gasteiger charge is -2.18. The van der Waals surface area contributed by atoms with Gasteiger partial charge in [0.1, 0.15) is 5.69 Å². The number of nitrogens with zero attached hydrogens (tertiary/aromatic N) is 2. The highest BCUT2D eigenvalue weighted by molar-refractivity contribution is 5.62. The van der Waals surface area contributed by atoms with E-state index in [1.807, 2.05) is 0 Å². The number of hydrogen-bond donors (Lipinski definition) is 1. The van der Waals surface area contributed by atoms with Gasteiger partial charge in [0.25, 0.3) is 5.69 Å². The molecular formula is C12H16F3N3O2. The lowest BCUT2D eigenvalue weighted by atomic mass is 10.1. The quantitative estimate of drug-likeness (QED) is 0.646. The summed E-state index contributed by atoms with van der Waals surface area (Å²) < 4.78 is 36.3. The van der Waals surface area contributed by atoms with Crippen molar-refractivity contribution in [2.24, 2.45) is 0 Å². The topological polar surface area (TPSA) is 58.4 Å². The molecule has 0 saturated heterocycles. The highest BCUT2D eigenvalue weighted by atomic mass is 19.4. The Morgan fingerprint density at radius 2 is 2.05 bits per heavy atom. The van der Waals surface area contributed by atoms with Crippen molar-refractivity contribution >= 4 is 11.4 Å². The molecule has 20 heavy (non-hydrogen) atoms. The van der Waals surface area contributed by atoms with Crippen LogP contribution in [0.4, 0.5) is 24.5 Å². The molecule has 1 aromatic carbocycles. The second-order valence-electron chi connectivity index (χ2n) is 4.46. The third-order valence-corrected chi connectivity index (χ3v) is 2.76. The van der Waals surface area contributed by atoms with Gasteiger partial charge in [0, 0.05) is 26.2 Å². The van der Waals surface area contributed by atoms with Crippen LogP contribution in [0.1, 0.15) is 12.0 Å². The zero-order valence-corrected chi connectivity index (χ0v) is 11.2. The fourth-order valence-electron chi connectivity index (χ4n) is 1.75. The van der Waals surface area contributed by atoms with Crippen molar-refractivity contribution in [3.05, 3.63) is 33.9 Å². The summed E-state index contributed by atoms with van der Waals surface area (Å²) in [4.78, 5) is 11.8. The van der Waals surface area contributed by atoms with Crippen LogP contribution in [0.15, 0.2) is 18.2 Å². The molecule has 0 unspecified atom stereocenters. The summed E-state index contributed by atoms with van der Waals surface area (Å²) in [5, 5.41) is 13.5. The van der Waals surface area contributed by atoms with Crippen LogP contribution >= 0.6 is 0 Å². The second kappa shape index (κ2) is 6.56. The molecule has 0 aliphatic rings. The number of nitro groups is 1. The summed E-state index contributed by atoms with van der Waals surface area (Å²) in [5.74, 6) is 0. The van der Waals surface area contributed by atoms with Gasteiger partial charge in [-0.25, -0.2) is 0 Å². The van der Waals surface area contributed by atoms with E-state index in [2.05, 4.69) is 5.32 Å². The number of halogens is 3. The van der Waals surface area contributed by atoms with Crippen molar-refractivity contribution in [2.45, 2.75) is 19.1 Å². The molecule has 0 saturated carbocycles. The first-order valence-electron chi connectivity index (χ1n) is 5.93. The van der Waals surface area contributed by atoms with Gasteiger partial charge in [-0.2, -0.15) is 13.2 Å². The minimum Gasteiger partial charge on any atom is -0.383 e. The molecule has 0 aliphatic heterocycles. The number of rotatable bonds is 6. The second-order valence-corrected chi connectivity index (χ2v) is 4.46. The van der Waals surface area contributed by atoms with Crippen LogP contribution in [0.3, 0.4) is 0 Å². The van der Waals surface area contributed by atoms with Gasteiger partial charge in [-0.3, -0.25) is 10.1 Å². The van der Waals surface area contributed by atoms with Crippen molar-refractivity contribution in [3.8, 4) is 0 Å². The third-order valence-electron chi connectivity index (χ3n) is 2.76. The summed E-state index contributed by atoms with van der Waals surface area (Å²) in [5.41, 5.74) is 0.996. The van der Waals surface area contributed by atoms with Crippen LogP contribution in [0.25, 0.3) is 0 Å². The first-order valence-corrected chi connectivity index (χ1v) is 5.93. The van der Waals surface area contributed by atoms with Crippen molar-refractivity contribution in [3.63, 3.8) is 0 Å². The fourth-order valence-corrected chi connectivity index (χ4v) is 1.75. The van der Waals surface area contributed by atoms with Gasteiger partial charge >= 0.3 is 6.18 Å². The molecule has 0 radical (unpaired) electrons. The van der Waals surface area contributed by atoms with E-state index in [0.717, 1.165) is 0 Å². The Kier molecular flexibility index (Phi) is 5.32. The Morgan fingerprint density at radius 3 is 2.55 bits per heavy atom. The molecule has 112 valence electrons. The van der Waals surface area contributed by atoms with E-state index in [1.54, 1.807) is 26.2 Å². The molecule has 8 heteroatoms. The Bertz CT molecular complexity index is 478. The van der Waals surface area contributed by atoms with Crippen LogP contribution in [-0.2, 0) is 6.54 Å². The lowest BCUT2D eigenvalue weighted by Crippen LogP contribution is -2.24. The molecular weight excluding hydrogens is 275 g/mol. The van der Waals surface area contributed by atoms with Crippen LogP contribution in [0.2, 0.25) is 0 Å². The SMILES string of the molecule is CNc1cc(CN(C)CCC(F)(F)F)ccc1[N+](=O)[O-]. The van der Waals surface area contributed by atoms with E-state index in [0.29, 0.717) is 17.8 Å². The monoisotopic (exact) mass is 291 g/mol. The van der Waals surface area contributed by atoms with Gasteiger partial charge in [0.2, 0.25) is 0 Å². The zero-order valence-electron chi connectivity index (χ0n) is 11.2. The van der Waals surface area contributed by atoms with Gasteiger partial charge in [-0.05, 0) is 18.7 Å². The van der Waals surface area contributed by atoms with Crippen LogP contribution in [0.5, 0.6) is 0 Å². The normalized spacial score (nSPS) is 11.7. The maximum Gasteiger partial charge on any atom is 0.390 e. The Morgan fingerprint density at radius 1 is 1.40 bits per heavy atom. The average molecular weight is 291 g/mol. The van der Waals surface area contributed by atoms with E-state index in [9.17, 15) is 23.3 Å². The molecule has 5 nitrogen and oxygen atoms in total. The van der Waals surface area contributed by atoms with Gasteiger partial charge in [0.05, 0.1) is 11.3 Å². The molecule has 1 N–H and O–H groups in total. The van der Waals surface area contributed by atoms with Gasteiger partial charge < -0.3 is 10.2 Å². The van der Waals surface area contributed by atoms with Gasteiger partial charge in [-0.1, -0.05) is 6.07 Å². The molecule has 0 amide bonds.